The van der Waals surface area contributed by atoms with E-state index in [0.717, 1.165) is 11.3 Å². The quantitative estimate of drug-likeness (QED) is 0.692. The second kappa shape index (κ2) is 7.76. The minimum absolute atomic E-state index is 0.0379. The highest BCUT2D eigenvalue weighted by Crippen LogP contribution is 2.25. The Balaban J connectivity index is 2.46. The second-order valence-corrected chi connectivity index (χ2v) is 4.44. The van der Waals surface area contributed by atoms with Gasteiger partial charge in [0.05, 0.1) is 13.7 Å². The van der Waals surface area contributed by atoms with Gasteiger partial charge in [-0.3, -0.25) is 4.79 Å². The molecule has 106 valence electrons. The second-order valence-electron chi connectivity index (χ2n) is 4.44. The van der Waals surface area contributed by atoms with E-state index in [2.05, 4.69) is 18.3 Å². The first-order chi connectivity index (χ1) is 9.04. The largest absolute Gasteiger partial charge is 0.496 e. The van der Waals surface area contributed by atoms with E-state index in [1.165, 1.54) is 5.56 Å². The molecule has 1 aromatic carbocycles. The number of amides is 1. The number of aryl methyl sites for hydroxylation is 1. The number of ether oxygens (including phenoxy) is 2. The van der Waals surface area contributed by atoms with Crippen molar-refractivity contribution in [3.8, 4) is 5.75 Å². The van der Waals surface area contributed by atoms with Crippen LogP contribution >= 0.6 is 0 Å². The molecule has 1 rings (SSSR count). The van der Waals surface area contributed by atoms with Crippen LogP contribution in [0.4, 0.5) is 0 Å². The number of benzene rings is 1. The average Bonchev–Trinajstić information content (AvgIpc) is 2.37. The molecule has 0 heterocycles. The zero-order valence-electron chi connectivity index (χ0n) is 11.7. The Kier molecular flexibility index (Phi) is 6.32. The summed E-state index contributed by atoms with van der Waals surface area (Å²) in [6.07, 6.45) is 0. The Bertz CT molecular complexity index is 421. The van der Waals surface area contributed by atoms with Crippen molar-refractivity contribution < 1.29 is 14.3 Å². The molecule has 1 unspecified atom stereocenters. The summed E-state index contributed by atoms with van der Waals surface area (Å²) in [6.45, 7) is 5.16. The lowest BCUT2D eigenvalue weighted by Crippen LogP contribution is -2.26. The Morgan fingerprint density at radius 3 is 2.84 bits per heavy atom. The van der Waals surface area contributed by atoms with Gasteiger partial charge in [-0.1, -0.05) is 17.7 Å². The lowest BCUT2D eigenvalue weighted by atomic mass is 10.0. The third kappa shape index (κ3) is 5.28. The highest BCUT2D eigenvalue weighted by atomic mass is 16.5. The van der Waals surface area contributed by atoms with Gasteiger partial charge in [0.1, 0.15) is 12.4 Å². The SMILES string of the molecule is COc1ccc(C)cc1C(C)NCCOCC(N)=O. The van der Waals surface area contributed by atoms with Gasteiger partial charge >= 0.3 is 0 Å². The Morgan fingerprint density at radius 2 is 2.21 bits per heavy atom. The highest BCUT2D eigenvalue weighted by Gasteiger charge is 2.10. The molecule has 19 heavy (non-hydrogen) atoms. The van der Waals surface area contributed by atoms with Crippen LogP contribution in [0.2, 0.25) is 0 Å². The van der Waals surface area contributed by atoms with Gasteiger partial charge in [-0.25, -0.2) is 0 Å². The summed E-state index contributed by atoms with van der Waals surface area (Å²) in [5.41, 5.74) is 7.28. The predicted molar refractivity (Wildman–Crippen MR) is 74.2 cm³/mol. The van der Waals surface area contributed by atoms with Crippen molar-refractivity contribution in [2.75, 3.05) is 26.9 Å². The van der Waals surface area contributed by atoms with E-state index in [4.69, 9.17) is 15.2 Å². The molecule has 0 fully saturated rings. The number of nitrogens with one attached hydrogen (secondary N) is 1. The first-order valence-electron chi connectivity index (χ1n) is 6.28. The molecular formula is C14H22N2O3. The zero-order chi connectivity index (χ0) is 14.3. The van der Waals surface area contributed by atoms with Gasteiger partial charge in [0.15, 0.2) is 0 Å². The number of carbonyl (C=O) groups is 1. The van der Waals surface area contributed by atoms with E-state index < -0.39 is 5.91 Å². The fraction of sp³-hybridized carbons (Fsp3) is 0.500. The molecule has 1 amide bonds. The van der Waals surface area contributed by atoms with Crippen LogP contribution in [0.5, 0.6) is 5.75 Å². The molecule has 0 radical (unpaired) electrons. The predicted octanol–water partition coefficient (Wildman–Crippen LogP) is 1.16. The molecule has 0 aromatic heterocycles. The molecular weight excluding hydrogens is 244 g/mol. The van der Waals surface area contributed by atoms with E-state index in [0.29, 0.717) is 13.2 Å². The van der Waals surface area contributed by atoms with Crippen LogP contribution < -0.4 is 15.8 Å². The fourth-order valence-corrected chi connectivity index (χ4v) is 1.82. The van der Waals surface area contributed by atoms with Crippen molar-refractivity contribution in [2.24, 2.45) is 5.73 Å². The number of rotatable bonds is 8. The Morgan fingerprint density at radius 1 is 1.47 bits per heavy atom. The average molecular weight is 266 g/mol. The summed E-state index contributed by atoms with van der Waals surface area (Å²) in [4.78, 5) is 10.5. The molecule has 0 aliphatic heterocycles. The number of hydrogen-bond acceptors (Lipinski definition) is 4. The van der Waals surface area contributed by atoms with Crippen molar-refractivity contribution in [1.82, 2.24) is 5.32 Å². The van der Waals surface area contributed by atoms with Gasteiger partial charge in [0.2, 0.25) is 5.91 Å². The van der Waals surface area contributed by atoms with E-state index in [9.17, 15) is 4.79 Å². The maximum atomic E-state index is 10.5. The van der Waals surface area contributed by atoms with Crippen molar-refractivity contribution in [3.05, 3.63) is 29.3 Å². The fourth-order valence-electron chi connectivity index (χ4n) is 1.82. The summed E-state index contributed by atoms with van der Waals surface area (Å²) < 4.78 is 10.4. The zero-order valence-corrected chi connectivity index (χ0v) is 11.7. The van der Waals surface area contributed by atoms with Crippen molar-refractivity contribution >= 4 is 5.91 Å². The molecule has 3 N–H and O–H groups in total. The van der Waals surface area contributed by atoms with Gasteiger partial charge in [0, 0.05) is 18.2 Å². The Labute approximate surface area is 114 Å². The first kappa shape index (κ1) is 15.5. The van der Waals surface area contributed by atoms with Crippen LogP contribution in [0.25, 0.3) is 0 Å². The molecule has 0 saturated carbocycles. The third-order valence-electron chi connectivity index (χ3n) is 2.79. The van der Waals surface area contributed by atoms with Gasteiger partial charge in [0.25, 0.3) is 0 Å². The standard InChI is InChI=1S/C14H22N2O3/c1-10-4-5-13(18-3)12(8-10)11(2)16-6-7-19-9-14(15)17/h4-5,8,11,16H,6-7,9H2,1-3H3,(H2,15,17). The molecule has 5 nitrogen and oxygen atoms in total. The summed E-state index contributed by atoms with van der Waals surface area (Å²) in [5, 5.41) is 3.32. The van der Waals surface area contributed by atoms with E-state index in [-0.39, 0.29) is 12.6 Å². The summed E-state index contributed by atoms with van der Waals surface area (Å²) in [7, 11) is 1.66. The maximum absolute atomic E-state index is 10.5. The minimum atomic E-state index is -0.451. The van der Waals surface area contributed by atoms with E-state index >= 15 is 0 Å². The highest BCUT2D eigenvalue weighted by molar-refractivity contribution is 5.74. The molecule has 0 saturated heterocycles. The van der Waals surface area contributed by atoms with Crippen LogP contribution in [0.3, 0.4) is 0 Å². The van der Waals surface area contributed by atoms with Gasteiger partial charge in [-0.05, 0) is 19.9 Å². The summed E-state index contributed by atoms with van der Waals surface area (Å²) >= 11 is 0. The lowest BCUT2D eigenvalue weighted by Gasteiger charge is -2.18. The molecule has 1 aromatic rings. The topological polar surface area (TPSA) is 73.6 Å². The van der Waals surface area contributed by atoms with Gasteiger partial charge in [-0.15, -0.1) is 0 Å². The van der Waals surface area contributed by atoms with Crippen molar-refractivity contribution in [2.45, 2.75) is 19.9 Å². The molecule has 1 atom stereocenters. The monoisotopic (exact) mass is 266 g/mol. The van der Waals surface area contributed by atoms with Crippen LogP contribution in [0.1, 0.15) is 24.1 Å². The van der Waals surface area contributed by atoms with Crippen molar-refractivity contribution in [3.63, 3.8) is 0 Å². The summed E-state index contributed by atoms with van der Waals surface area (Å²) in [6, 6.07) is 6.23. The van der Waals surface area contributed by atoms with Crippen LogP contribution in [0, 0.1) is 6.92 Å². The molecule has 0 aliphatic rings. The molecule has 0 bridgehead atoms. The number of primary amides is 1. The molecule has 0 aliphatic carbocycles. The van der Waals surface area contributed by atoms with Gasteiger partial charge < -0.3 is 20.5 Å². The van der Waals surface area contributed by atoms with E-state index in [1.54, 1.807) is 7.11 Å². The van der Waals surface area contributed by atoms with Gasteiger partial charge in [-0.2, -0.15) is 0 Å². The first-order valence-corrected chi connectivity index (χ1v) is 6.28. The number of carbonyl (C=O) groups excluding carboxylic acids is 1. The van der Waals surface area contributed by atoms with Crippen LogP contribution in [-0.4, -0.2) is 32.8 Å². The van der Waals surface area contributed by atoms with Crippen molar-refractivity contribution in [1.29, 1.82) is 0 Å². The van der Waals surface area contributed by atoms with E-state index in [1.807, 2.05) is 19.1 Å². The number of hydrogen-bond donors (Lipinski definition) is 2. The maximum Gasteiger partial charge on any atom is 0.243 e. The van der Waals surface area contributed by atoms with Crippen LogP contribution in [0.15, 0.2) is 18.2 Å². The summed E-state index contributed by atoms with van der Waals surface area (Å²) in [5.74, 6) is 0.414. The minimum Gasteiger partial charge on any atom is -0.496 e. The third-order valence-corrected chi connectivity index (χ3v) is 2.79. The number of methoxy groups -OCH3 is 1. The molecule has 5 heteroatoms. The normalized spacial score (nSPS) is 12.2. The Hall–Kier alpha value is -1.59. The smallest absolute Gasteiger partial charge is 0.243 e. The lowest BCUT2D eigenvalue weighted by molar-refractivity contribution is -0.122. The number of nitrogens with two attached hydrogens (primary N) is 1. The molecule has 0 spiro atoms. The van der Waals surface area contributed by atoms with Crippen LogP contribution in [-0.2, 0) is 9.53 Å².